The lowest BCUT2D eigenvalue weighted by atomic mass is 10.1. The first-order valence-electron chi connectivity index (χ1n) is 7.69. The van der Waals surface area contributed by atoms with E-state index in [9.17, 15) is 18.3 Å². The maximum atomic E-state index is 12.8. The van der Waals surface area contributed by atoms with E-state index in [1.807, 2.05) is 6.92 Å². The number of unbranched alkanes of at least 4 members (excludes halogenated alkanes) is 1. The normalized spacial score (nSPS) is 11.2. The van der Waals surface area contributed by atoms with Crippen molar-refractivity contribution in [2.45, 2.75) is 36.5 Å². The maximum absolute atomic E-state index is 12.8. The topological polar surface area (TPSA) is 80.7 Å². The van der Waals surface area contributed by atoms with Gasteiger partial charge in [0.1, 0.15) is 11.3 Å². The zero-order valence-corrected chi connectivity index (χ0v) is 14.5. The van der Waals surface area contributed by atoms with Crippen molar-refractivity contribution in [1.29, 1.82) is 0 Å². The van der Waals surface area contributed by atoms with Gasteiger partial charge in [0.25, 0.3) is 0 Å². The van der Waals surface area contributed by atoms with Gasteiger partial charge in [0.05, 0.1) is 16.4 Å². The number of aromatic hydroxyl groups is 1. The van der Waals surface area contributed by atoms with E-state index < -0.39 is 15.8 Å². The molecule has 2 aromatic carbocycles. The maximum Gasteiger partial charge on any atom is 0.342 e. The van der Waals surface area contributed by atoms with Crippen molar-refractivity contribution in [3.63, 3.8) is 0 Å². The lowest BCUT2D eigenvalue weighted by Gasteiger charge is -2.13. The number of rotatable bonds is 6. The monoisotopic (exact) mass is 348 g/mol. The van der Waals surface area contributed by atoms with Crippen molar-refractivity contribution in [3.05, 3.63) is 53.6 Å². The van der Waals surface area contributed by atoms with Crippen LogP contribution in [0.3, 0.4) is 0 Å². The summed E-state index contributed by atoms with van der Waals surface area (Å²) in [5.41, 5.74) is 0.0726. The van der Waals surface area contributed by atoms with Gasteiger partial charge in [-0.05, 0) is 43.2 Å². The average molecular weight is 348 g/mol. The number of phenols is 1. The molecule has 0 bridgehead atoms. The number of hydrogen-bond acceptors (Lipinski definition) is 5. The van der Waals surface area contributed by atoms with Crippen LogP contribution in [0.25, 0.3) is 0 Å². The minimum atomic E-state index is -3.79. The van der Waals surface area contributed by atoms with E-state index in [2.05, 4.69) is 0 Å². The van der Waals surface area contributed by atoms with Gasteiger partial charge in [-0.3, -0.25) is 0 Å². The van der Waals surface area contributed by atoms with Gasteiger partial charge in [-0.25, -0.2) is 13.2 Å². The molecular formula is C18H20O5S. The molecule has 128 valence electrons. The highest BCUT2D eigenvalue weighted by Gasteiger charge is 2.26. The summed E-state index contributed by atoms with van der Waals surface area (Å²) in [6.07, 6.45) is 1.56. The third-order valence-electron chi connectivity index (χ3n) is 3.67. The van der Waals surface area contributed by atoms with E-state index in [-0.39, 0.29) is 33.3 Å². The molecule has 24 heavy (non-hydrogen) atoms. The van der Waals surface area contributed by atoms with Crippen LogP contribution in [0.1, 0.15) is 35.7 Å². The number of benzene rings is 2. The molecule has 0 atom stereocenters. The fourth-order valence-electron chi connectivity index (χ4n) is 2.34. The van der Waals surface area contributed by atoms with E-state index >= 15 is 0 Å². The quantitative estimate of drug-likeness (QED) is 0.638. The lowest BCUT2D eigenvalue weighted by Crippen LogP contribution is -2.12. The molecule has 0 heterocycles. The smallest absolute Gasteiger partial charge is 0.342 e. The summed E-state index contributed by atoms with van der Waals surface area (Å²) in [5.74, 6) is -1.01. The first kappa shape index (κ1) is 18.0. The summed E-state index contributed by atoms with van der Waals surface area (Å²) in [6, 6.07) is 10.5. The second-order valence-corrected chi connectivity index (χ2v) is 7.31. The van der Waals surface area contributed by atoms with Crippen molar-refractivity contribution >= 4 is 15.8 Å². The Balaban J connectivity index is 2.47. The Morgan fingerprint density at radius 1 is 1.12 bits per heavy atom. The Labute approximate surface area is 141 Å². The Morgan fingerprint density at radius 2 is 1.79 bits per heavy atom. The van der Waals surface area contributed by atoms with Crippen LogP contribution in [0.5, 0.6) is 5.75 Å². The minimum Gasteiger partial charge on any atom is -0.507 e. The third-order valence-corrected chi connectivity index (χ3v) is 5.59. The number of phenolic OH excluding ortho intramolecular Hbond substituents is 1. The fourth-order valence-corrected chi connectivity index (χ4v) is 3.86. The molecule has 2 aromatic rings. The zero-order chi connectivity index (χ0) is 17.7. The highest BCUT2D eigenvalue weighted by molar-refractivity contribution is 7.91. The number of esters is 1. The number of hydrogen-bond donors (Lipinski definition) is 1. The van der Waals surface area contributed by atoms with Crippen molar-refractivity contribution in [2.24, 2.45) is 0 Å². The average Bonchev–Trinajstić information content (AvgIpc) is 2.55. The molecule has 0 radical (unpaired) electrons. The predicted molar refractivity (Wildman–Crippen MR) is 89.9 cm³/mol. The van der Waals surface area contributed by atoms with Crippen LogP contribution in [-0.2, 0) is 14.6 Å². The standard InChI is InChI=1S/C18H20O5S/c1-3-4-12-23-18(20)17-13(2)16(11-10-15(17)19)24(21,22)14-8-6-5-7-9-14/h5-11,19H,3-4,12H2,1-2H3. The van der Waals surface area contributed by atoms with Crippen LogP contribution in [0.4, 0.5) is 0 Å². The lowest BCUT2D eigenvalue weighted by molar-refractivity contribution is 0.0495. The van der Waals surface area contributed by atoms with E-state index in [0.29, 0.717) is 6.42 Å². The van der Waals surface area contributed by atoms with Gasteiger partial charge in [-0.1, -0.05) is 31.5 Å². The Hall–Kier alpha value is -2.34. The summed E-state index contributed by atoms with van der Waals surface area (Å²) in [7, 11) is -3.79. The molecule has 0 unspecified atom stereocenters. The van der Waals surface area contributed by atoms with Crippen molar-refractivity contribution in [1.82, 2.24) is 0 Å². The van der Waals surface area contributed by atoms with Gasteiger partial charge >= 0.3 is 5.97 Å². The van der Waals surface area contributed by atoms with Gasteiger partial charge < -0.3 is 9.84 Å². The van der Waals surface area contributed by atoms with Crippen molar-refractivity contribution in [2.75, 3.05) is 6.61 Å². The second-order valence-electron chi connectivity index (χ2n) is 5.39. The molecule has 0 aliphatic rings. The van der Waals surface area contributed by atoms with Crippen LogP contribution in [0.2, 0.25) is 0 Å². The Morgan fingerprint density at radius 3 is 2.42 bits per heavy atom. The molecule has 1 N–H and O–H groups in total. The van der Waals surface area contributed by atoms with Gasteiger partial charge in [0.2, 0.25) is 9.84 Å². The summed E-state index contributed by atoms with van der Waals surface area (Å²) >= 11 is 0. The van der Waals surface area contributed by atoms with Crippen LogP contribution in [-0.4, -0.2) is 26.1 Å². The van der Waals surface area contributed by atoms with Crippen molar-refractivity contribution in [3.8, 4) is 5.75 Å². The number of carbonyl (C=O) groups excluding carboxylic acids is 1. The van der Waals surface area contributed by atoms with Gasteiger partial charge in [-0.2, -0.15) is 0 Å². The zero-order valence-electron chi connectivity index (χ0n) is 13.7. The number of ether oxygens (including phenoxy) is 1. The van der Waals surface area contributed by atoms with Crippen LogP contribution >= 0.6 is 0 Å². The molecule has 2 rings (SSSR count). The van der Waals surface area contributed by atoms with Crippen LogP contribution < -0.4 is 0 Å². The highest BCUT2D eigenvalue weighted by atomic mass is 32.2. The van der Waals surface area contributed by atoms with Crippen LogP contribution in [0.15, 0.2) is 52.3 Å². The molecule has 0 aliphatic heterocycles. The van der Waals surface area contributed by atoms with Gasteiger partial charge in [0.15, 0.2) is 0 Å². The molecular weight excluding hydrogens is 328 g/mol. The minimum absolute atomic E-state index is 0.0195. The second kappa shape index (κ2) is 7.49. The number of carbonyl (C=O) groups is 1. The first-order valence-corrected chi connectivity index (χ1v) is 9.17. The van der Waals surface area contributed by atoms with Gasteiger partial charge in [-0.15, -0.1) is 0 Å². The van der Waals surface area contributed by atoms with Crippen LogP contribution in [0, 0.1) is 6.92 Å². The van der Waals surface area contributed by atoms with E-state index in [1.165, 1.54) is 31.2 Å². The molecule has 0 amide bonds. The molecule has 0 saturated heterocycles. The Bertz CT molecular complexity index is 826. The molecule has 0 saturated carbocycles. The largest absolute Gasteiger partial charge is 0.507 e. The van der Waals surface area contributed by atoms with Gasteiger partial charge in [0, 0.05) is 0 Å². The third kappa shape index (κ3) is 3.59. The SMILES string of the molecule is CCCCOC(=O)c1c(O)ccc(S(=O)(=O)c2ccccc2)c1C. The van der Waals surface area contributed by atoms with E-state index in [0.717, 1.165) is 6.42 Å². The van der Waals surface area contributed by atoms with E-state index in [4.69, 9.17) is 4.74 Å². The summed E-state index contributed by atoms with van der Waals surface area (Å²) in [6.45, 7) is 3.68. The predicted octanol–water partition coefficient (Wildman–Crippen LogP) is 3.49. The molecule has 0 aromatic heterocycles. The number of sulfone groups is 1. The highest BCUT2D eigenvalue weighted by Crippen LogP contribution is 2.31. The van der Waals surface area contributed by atoms with E-state index in [1.54, 1.807) is 18.2 Å². The molecule has 0 aliphatic carbocycles. The molecule has 6 heteroatoms. The summed E-state index contributed by atoms with van der Waals surface area (Å²) in [5, 5.41) is 9.98. The molecule has 5 nitrogen and oxygen atoms in total. The Kier molecular flexibility index (Phi) is 5.62. The first-order chi connectivity index (χ1) is 11.4. The van der Waals surface area contributed by atoms with Crippen molar-refractivity contribution < 1.29 is 23.1 Å². The fraction of sp³-hybridized carbons (Fsp3) is 0.278. The summed E-state index contributed by atoms with van der Waals surface area (Å²) in [4.78, 5) is 12.3. The molecule has 0 spiro atoms. The molecule has 0 fully saturated rings. The summed E-state index contributed by atoms with van der Waals surface area (Å²) < 4.78 is 30.6.